The predicted molar refractivity (Wildman–Crippen MR) is 247 cm³/mol. The van der Waals surface area contributed by atoms with Crippen LogP contribution in [0, 0.1) is 5.41 Å². The van der Waals surface area contributed by atoms with Crippen molar-refractivity contribution < 1.29 is 19.1 Å². The number of nitrogens with one attached hydrogen (secondary N) is 1. The van der Waals surface area contributed by atoms with Gasteiger partial charge in [0.2, 0.25) is 11.6 Å². The van der Waals surface area contributed by atoms with E-state index in [1.807, 2.05) is 90.6 Å². The normalized spacial score (nSPS) is 10.9. The van der Waals surface area contributed by atoms with Crippen molar-refractivity contribution in [1.82, 2.24) is 28.5 Å². The van der Waals surface area contributed by atoms with Gasteiger partial charge in [-0.3, -0.25) is 15.0 Å². The highest BCUT2D eigenvalue weighted by Crippen LogP contribution is 2.26. The molecule has 2 heterocycles. The number of anilines is 1. The molecule has 0 aliphatic rings. The number of rotatable bonds is 12. The van der Waals surface area contributed by atoms with Gasteiger partial charge in [0.05, 0.1) is 38.7 Å². The number of para-hydroxylation sites is 2. The third-order valence-corrected chi connectivity index (χ3v) is 10.2. The molecule has 6 rings (SSSR count). The van der Waals surface area contributed by atoms with Gasteiger partial charge in [-0.2, -0.15) is 0 Å². The number of hydrogen-bond donors (Lipinski definition) is 2. The fraction of sp³-hybridized carbons (Fsp3) is 0.326. The second-order valence-electron chi connectivity index (χ2n) is 14.5. The Balaban J connectivity index is 0.000000327. The molecule has 3 N–H and O–H groups in total. The molecule has 0 atom stereocenters. The highest BCUT2D eigenvalue weighted by Gasteiger charge is 2.20. The minimum Gasteiger partial charge on any atom is -0.444 e. The number of aryl methyl sites for hydroxylation is 2. The zero-order chi connectivity index (χ0) is 41.4. The Kier molecular flexibility index (Phi) is 17.8. The highest BCUT2D eigenvalue weighted by molar-refractivity contribution is 9.10. The lowest BCUT2D eigenvalue weighted by Crippen LogP contribution is -2.35. The van der Waals surface area contributed by atoms with Gasteiger partial charge >= 0.3 is 6.09 Å². The second-order valence-corrected chi connectivity index (χ2v) is 16.3. The molecule has 12 nitrogen and oxygen atoms in total. The van der Waals surface area contributed by atoms with Gasteiger partial charge < -0.3 is 34.0 Å². The summed E-state index contributed by atoms with van der Waals surface area (Å²) in [7, 11) is 3.49. The number of nitrogen functional groups attached to an aromatic ring is 1. The van der Waals surface area contributed by atoms with E-state index in [9.17, 15) is 14.4 Å². The third kappa shape index (κ3) is 12.4. The fourth-order valence-electron chi connectivity index (χ4n) is 6.25. The first-order valence-corrected chi connectivity index (χ1v) is 20.0. The van der Waals surface area contributed by atoms with Gasteiger partial charge in [0.15, 0.2) is 5.78 Å². The Morgan fingerprint density at radius 3 is 1.98 bits per heavy atom. The molecule has 0 aliphatic heterocycles. The summed E-state index contributed by atoms with van der Waals surface area (Å²) >= 11 is 16.1. The summed E-state index contributed by atoms with van der Waals surface area (Å²) in [5, 5.41) is 9.93. The minimum absolute atomic E-state index is 0. The van der Waals surface area contributed by atoms with Gasteiger partial charge in [-0.15, -0.1) is 17.0 Å². The predicted octanol–water partition coefficient (Wildman–Crippen LogP) is 10.1. The number of carbonyl (C=O) groups is 3. The summed E-state index contributed by atoms with van der Waals surface area (Å²) in [5.41, 5.74) is 9.95. The number of aromatic nitrogens is 4. The van der Waals surface area contributed by atoms with E-state index in [2.05, 4.69) is 20.9 Å². The molecule has 0 saturated heterocycles. The maximum absolute atomic E-state index is 12.9. The summed E-state index contributed by atoms with van der Waals surface area (Å²) < 4.78 is 11.6. The first-order valence-electron chi connectivity index (χ1n) is 18.4. The van der Waals surface area contributed by atoms with Crippen LogP contribution in [0.4, 0.5) is 10.7 Å². The van der Waals surface area contributed by atoms with Gasteiger partial charge in [-0.05, 0) is 82.1 Å². The van der Waals surface area contributed by atoms with Crippen LogP contribution in [-0.4, -0.2) is 79.1 Å². The van der Waals surface area contributed by atoms with Crippen molar-refractivity contribution in [2.45, 2.75) is 66.3 Å². The molecule has 0 fully saturated rings. The molecular weight excluding hydrogens is 923 g/mol. The standard InChI is InChI=1S/C26H24BrClN4O2.C16H23ClN4O2.CH4.BrH/c1-30(25(34)19-7-3-2-4-8-19)15-6-16-31-24-21(28)9-5-10-22(24)32(26(31)29)17-23(33)18-11-13-20(27)14-12-18;1-16(2,3)23-15(22)20(4)9-6-10-21-13-11(17)7-5-8-12(13)19-14(21)18;;/h2-5,7-14,29H,6,15-17H2,1H3;5,7-8H,6,9-10H2,1-4H3,(H2,18,19);1H4;1H. The molecule has 2 aromatic heterocycles. The fourth-order valence-corrected chi connectivity index (χ4v) is 7.06. The van der Waals surface area contributed by atoms with Crippen LogP contribution in [0.1, 0.15) is 61.8 Å². The van der Waals surface area contributed by atoms with Crippen LogP contribution in [-0.2, 0) is 24.4 Å². The van der Waals surface area contributed by atoms with Gasteiger partial charge in [0, 0.05) is 55.9 Å². The van der Waals surface area contributed by atoms with Crippen molar-refractivity contribution in [2.24, 2.45) is 0 Å². The lowest BCUT2D eigenvalue weighted by atomic mass is 10.1. The molecular formula is C43H52Br2Cl2N8O4. The van der Waals surface area contributed by atoms with Crippen molar-refractivity contribution >= 4 is 102 Å². The van der Waals surface area contributed by atoms with Crippen molar-refractivity contribution in [3.8, 4) is 0 Å². The van der Waals surface area contributed by atoms with Gasteiger partial charge in [0.25, 0.3) is 5.91 Å². The minimum atomic E-state index is -0.496. The average molecular weight is 976 g/mol. The summed E-state index contributed by atoms with van der Waals surface area (Å²) in [4.78, 5) is 45.0. The van der Waals surface area contributed by atoms with E-state index in [1.165, 1.54) is 0 Å². The lowest BCUT2D eigenvalue weighted by Gasteiger charge is -2.24. The van der Waals surface area contributed by atoms with Crippen LogP contribution in [0.25, 0.3) is 22.1 Å². The number of hydrogen-bond acceptors (Lipinski definition) is 7. The number of benzene rings is 4. The maximum Gasteiger partial charge on any atom is 0.410 e. The number of carbonyl (C=O) groups excluding carboxylic acids is 3. The molecule has 0 aliphatic carbocycles. The number of halogens is 4. The highest BCUT2D eigenvalue weighted by atomic mass is 79.9. The van der Waals surface area contributed by atoms with Gasteiger partial charge in [-0.25, -0.2) is 9.78 Å². The Bertz CT molecular complexity index is 2430. The van der Waals surface area contributed by atoms with Gasteiger partial charge in [-0.1, -0.05) is 89.0 Å². The SMILES string of the molecule is Br.C.CN(CCCn1c(=N)n(CC(=O)c2ccc(Br)cc2)c2cccc(Cl)c21)C(=O)c1ccccc1.CN(CCCn1c(N)nc2cccc(Cl)c21)C(=O)OC(C)(C)C. The molecule has 0 spiro atoms. The van der Waals surface area contributed by atoms with Crippen LogP contribution >= 0.6 is 56.1 Å². The van der Waals surface area contributed by atoms with Gasteiger partial charge in [0.1, 0.15) is 5.60 Å². The molecule has 2 amide bonds. The van der Waals surface area contributed by atoms with E-state index in [1.54, 1.807) is 58.8 Å². The number of amides is 2. The van der Waals surface area contributed by atoms with Crippen LogP contribution in [0.2, 0.25) is 10.0 Å². The topological polar surface area (TPSA) is 144 Å². The zero-order valence-electron chi connectivity index (χ0n) is 33.0. The monoisotopic (exact) mass is 972 g/mol. The molecule has 16 heteroatoms. The molecule has 4 aromatic carbocycles. The van der Waals surface area contributed by atoms with E-state index in [0.717, 1.165) is 33.0 Å². The van der Waals surface area contributed by atoms with Crippen molar-refractivity contribution in [1.29, 1.82) is 5.41 Å². The number of fused-ring (bicyclic) bond motifs is 2. The summed E-state index contributed by atoms with van der Waals surface area (Å²) in [6.45, 7) is 7.77. The van der Waals surface area contributed by atoms with Crippen molar-refractivity contribution in [2.75, 3.05) is 32.9 Å². The first kappa shape index (κ1) is 48.7. The maximum atomic E-state index is 12.9. The number of nitrogens with zero attached hydrogens (tertiary/aromatic N) is 6. The second kappa shape index (κ2) is 21.6. The molecule has 0 saturated carbocycles. The van der Waals surface area contributed by atoms with E-state index in [0.29, 0.717) is 59.7 Å². The van der Waals surface area contributed by atoms with Crippen LogP contribution < -0.4 is 11.4 Å². The van der Waals surface area contributed by atoms with E-state index < -0.39 is 5.60 Å². The largest absolute Gasteiger partial charge is 0.444 e. The molecule has 0 radical (unpaired) electrons. The quantitative estimate of drug-likeness (QED) is 0.117. The number of imidazole rings is 2. The number of ketones is 1. The molecule has 0 unspecified atom stereocenters. The zero-order valence-corrected chi connectivity index (χ0v) is 37.9. The van der Waals surface area contributed by atoms with Crippen LogP contribution in [0.5, 0.6) is 0 Å². The molecule has 0 bridgehead atoms. The Morgan fingerprint density at radius 1 is 0.780 bits per heavy atom. The summed E-state index contributed by atoms with van der Waals surface area (Å²) in [6, 6.07) is 27.4. The molecule has 59 heavy (non-hydrogen) atoms. The van der Waals surface area contributed by atoms with E-state index in [4.69, 9.17) is 39.1 Å². The Labute approximate surface area is 374 Å². The average Bonchev–Trinajstić information content (AvgIpc) is 3.64. The van der Waals surface area contributed by atoms with E-state index >= 15 is 0 Å². The van der Waals surface area contributed by atoms with Crippen molar-refractivity contribution in [3.05, 3.63) is 122 Å². The number of Topliss-reactive ketones (excluding diaryl/α,β-unsaturated/α-hetero) is 1. The Morgan fingerprint density at radius 2 is 1.36 bits per heavy atom. The van der Waals surface area contributed by atoms with Crippen LogP contribution in [0.3, 0.4) is 0 Å². The lowest BCUT2D eigenvalue weighted by molar-refractivity contribution is 0.0295. The van der Waals surface area contributed by atoms with Crippen molar-refractivity contribution in [3.63, 3.8) is 0 Å². The van der Waals surface area contributed by atoms with Crippen LogP contribution in [0.15, 0.2) is 95.5 Å². The summed E-state index contributed by atoms with van der Waals surface area (Å²) in [6.07, 6.45) is 1.02. The third-order valence-electron chi connectivity index (χ3n) is 9.08. The number of nitrogens with two attached hydrogens (primary N) is 1. The molecule has 316 valence electrons. The number of ether oxygens (including phenoxy) is 1. The first-order chi connectivity index (χ1) is 27.1. The molecule has 6 aromatic rings. The smallest absolute Gasteiger partial charge is 0.410 e. The summed E-state index contributed by atoms with van der Waals surface area (Å²) in [5.74, 6) is 0.295. The van der Waals surface area contributed by atoms with E-state index in [-0.39, 0.29) is 54.4 Å². The Hall–Kier alpha value is -4.63.